The number of hydrogen-bond donors (Lipinski definition) is 0. The molecule has 1 aliphatic heterocycles. The Morgan fingerprint density at radius 1 is 1.02 bits per heavy atom. The Morgan fingerprint density at radius 2 is 1.83 bits per heavy atom. The summed E-state index contributed by atoms with van der Waals surface area (Å²) in [4.78, 5) is 34.7. The summed E-state index contributed by atoms with van der Waals surface area (Å²) in [5.74, 6) is 1.39. The number of carbonyl (C=O) groups is 2. The standard InChI is InChI=1S/C32H38N6O2S/c1-22-14-15-27-26(19-22)29-30(38(27)21-24-9-4-3-5-10-24)33-32(35-34-29)41-18-8-13-28(39)36-16-17-37(23(2)20-36)31(40)25-11-6-7-12-25/h3-5,9-10,14-15,19,23,25H,6-8,11-13,16-18,20-21H2,1-2H3. The number of rotatable bonds is 8. The molecule has 0 N–H and O–H groups in total. The van der Waals surface area contributed by atoms with E-state index in [0.717, 1.165) is 59.9 Å². The average Bonchev–Trinajstić information content (AvgIpc) is 3.63. The zero-order chi connectivity index (χ0) is 28.3. The Kier molecular flexibility index (Phi) is 8.23. The van der Waals surface area contributed by atoms with Crippen LogP contribution in [0.25, 0.3) is 22.1 Å². The number of benzene rings is 2. The van der Waals surface area contributed by atoms with E-state index < -0.39 is 0 Å². The number of piperazine rings is 1. The molecule has 0 radical (unpaired) electrons. The Morgan fingerprint density at radius 3 is 2.61 bits per heavy atom. The van der Waals surface area contributed by atoms with E-state index in [0.29, 0.717) is 43.7 Å². The smallest absolute Gasteiger partial charge is 0.226 e. The van der Waals surface area contributed by atoms with Crippen molar-refractivity contribution in [1.82, 2.24) is 29.5 Å². The minimum Gasteiger partial charge on any atom is -0.339 e. The Balaban J connectivity index is 1.07. The Labute approximate surface area is 245 Å². The quantitative estimate of drug-likeness (QED) is 0.207. The number of nitrogens with zero attached hydrogens (tertiary/aromatic N) is 6. The number of hydrogen-bond acceptors (Lipinski definition) is 6. The third-order valence-corrected chi connectivity index (χ3v) is 9.44. The summed E-state index contributed by atoms with van der Waals surface area (Å²) >= 11 is 1.55. The summed E-state index contributed by atoms with van der Waals surface area (Å²) in [5.41, 5.74) is 5.14. The molecule has 2 aromatic carbocycles. The highest BCUT2D eigenvalue weighted by molar-refractivity contribution is 7.99. The van der Waals surface area contributed by atoms with E-state index in [1.807, 2.05) is 15.9 Å². The van der Waals surface area contributed by atoms with Crippen molar-refractivity contribution in [1.29, 1.82) is 0 Å². The highest BCUT2D eigenvalue weighted by Gasteiger charge is 2.34. The van der Waals surface area contributed by atoms with Gasteiger partial charge in [-0.05, 0) is 50.8 Å². The first-order valence-corrected chi connectivity index (χ1v) is 15.8. The number of thioether (sulfide) groups is 1. The number of aryl methyl sites for hydroxylation is 1. The molecule has 1 saturated heterocycles. The largest absolute Gasteiger partial charge is 0.339 e. The van der Waals surface area contributed by atoms with Crippen molar-refractivity contribution in [2.75, 3.05) is 25.4 Å². The van der Waals surface area contributed by atoms with Crippen LogP contribution in [-0.4, -0.2) is 72.8 Å². The second kappa shape index (κ2) is 12.2. The third-order valence-electron chi connectivity index (χ3n) is 8.52. The lowest BCUT2D eigenvalue weighted by atomic mass is 10.0. The molecule has 8 nitrogen and oxygen atoms in total. The number of amides is 2. The van der Waals surface area contributed by atoms with Crippen LogP contribution < -0.4 is 0 Å². The second-order valence-electron chi connectivity index (χ2n) is 11.5. The summed E-state index contributed by atoms with van der Waals surface area (Å²) in [6, 6.07) is 16.9. The molecular weight excluding hydrogens is 532 g/mol. The lowest BCUT2D eigenvalue weighted by Gasteiger charge is -2.41. The molecular formula is C32H38N6O2S. The van der Waals surface area contributed by atoms with Crippen LogP contribution in [0.2, 0.25) is 0 Å². The Hall–Kier alpha value is -3.46. The van der Waals surface area contributed by atoms with Gasteiger partial charge >= 0.3 is 0 Å². The number of aromatic nitrogens is 4. The molecule has 0 bridgehead atoms. The van der Waals surface area contributed by atoms with Gasteiger partial charge in [0.05, 0.1) is 5.52 Å². The van der Waals surface area contributed by atoms with Crippen LogP contribution in [0.4, 0.5) is 0 Å². The van der Waals surface area contributed by atoms with Crippen LogP contribution in [0.5, 0.6) is 0 Å². The van der Waals surface area contributed by atoms with E-state index in [1.165, 1.54) is 11.1 Å². The van der Waals surface area contributed by atoms with Gasteiger partial charge in [-0.2, -0.15) is 0 Å². The zero-order valence-electron chi connectivity index (χ0n) is 24.0. The maximum atomic E-state index is 13.0. The van der Waals surface area contributed by atoms with Crippen molar-refractivity contribution in [3.8, 4) is 0 Å². The van der Waals surface area contributed by atoms with Gasteiger partial charge in [0.15, 0.2) is 5.65 Å². The van der Waals surface area contributed by atoms with E-state index >= 15 is 0 Å². The lowest BCUT2D eigenvalue weighted by Crippen LogP contribution is -2.56. The third kappa shape index (κ3) is 5.96. The number of fused-ring (bicyclic) bond motifs is 3. The van der Waals surface area contributed by atoms with E-state index in [4.69, 9.17) is 4.98 Å². The molecule has 1 unspecified atom stereocenters. The first kappa shape index (κ1) is 27.7. The second-order valence-corrected chi connectivity index (χ2v) is 12.6. The average molecular weight is 571 g/mol. The lowest BCUT2D eigenvalue weighted by molar-refractivity contribution is -0.145. The van der Waals surface area contributed by atoms with E-state index in [-0.39, 0.29) is 17.9 Å². The first-order valence-electron chi connectivity index (χ1n) is 14.9. The van der Waals surface area contributed by atoms with E-state index in [9.17, 15) is 9.59 Å². The molecule has 3 heterocycles. The molecule has 4 aromatic rings. The maximum Gasteiger partial charge on any atom is 0.226 e. The van der Waals surface area contributed by atoms with Gasteiger partial charge in [0.25, 0.3) is 0 Å². The minimum absolute atomic E-state index is 0.0767. The predicted octanol–water partition coefficient (Wildman–Crippen LogP) is 5.46. The molecule has 2 amide bonds. The molecule has 9 heteroatoms. The van der Waals surface area contributed by atoms with Gasteiger partial charge in [-0.25, -0.2) is 4.98 Å². The van der Waals surface area contributed by atoms with Crippen molar-refractivity contribution in [3.63, 3.8) is 0 Å². The van der Waals surface area contributed by atoms with Gasteiger partial charge in [-0.15, -0.1) is 10.2 Å². The van der Waals surface area contributed by atoms with Crippen LogP contribution in [0, 0.1) is 12.8 Å². The zero-order valence-corrected chi connectivity index (χ0v) is 24.8. The SMILES string of the molecule is Cc1ccc2c(c1)c1nnc(SCCCC(=O)N3CCN(C(=O)C4CCCC4)C(C)C3)nc1n2Cc1ccccc1. The highest BCUT2D eigenvalue weighted by atomic mass is 32.2. The van der Waals surface area contributed by atoms with Crippen LogP contribution >= 0.6 is 11.8 Å². The van der Waals surface area contributed by atoms with Crippen molar-refractivity contribution in [2.45, 2.75) is 70.1 Å². The van der Waals surface area contributed by atoms with Crippen molar-refractivity contribution < 1.29 is 9.59 Å². The van der Waals surface area contributed by atoms with Crippen LogP contribution in [0.3, 0.4) is 0 Å². The van der Waals surface area contributed by atoms with Gasteiger partial charge in [0.1, 0.15) is 5.52 Å². The molecule has 1 saturated carbocycles. The van der Waals surface area contributed by atoms with E-state index in [2.05, 4.69) is 71.1 Å². The molecule has 2 fully saturated rings. The fourth-order valence-corrected chi connectivity index (χ4v) is 7.03. The normalized spacial score (nSPS) is 18.0. The summed E-state index contributed by atoms with van der Waals surface area (Å²) in [6.45, 7) is 6.76. The van der Waals surface area contributed by atoms with Gasteiger partial charge in [-0.1, -0.05) is 66.6 Å². The van der Waals surface area contributed by atoms with Gasteiger partial charge in [0.2, 0.25) is 17.0 Å². The molecule has 1 atom stereocenters. The molecule has 0 spiro atoms. The summed E-state index contributed by atoms with van der Waals surface area (Å²) in [7, 11) is 0. The highest BCUT2D eigenvalue weighted by Crippen LogP contribution is 2.30. The van der Waals surface area contributed by atoms with Crippen molar-refractivity contribution in [3.05, 3.63) is 59.7 Å². The van der Waals surface area contributed by atoms with E-state index in [1.54, 1.807) is 11.8 Å². The molecule has 6 rings (SSSR count). The van der Waals surface area contributed by atoms with Crippen LogP contribution in [-0.2, 0) is 16.1 Å². The fraction of sp³-hybridized carbons (Fsp3) is 0.469. The molecule has 214 valence electrons. The van der Waals surface area contributed by atoms with Gasteiger partial charge in [0, 0.05) is 55.7 Å². The fourth-order valence-electron chi connectivity index (χ4n) is 6.31. The van der Waals surface area contributed by atoms with Gasteiger partial charge in [-0.3, -0.25) is 9.59 Å². The Bertz CT molecular complexity index is 1550. The van der Waals surface area contributed by atoms with Crippen LogP contribution in [0.15, 0.2) is 53.7 Å². The molecule has 2 aliphatic rings. The van der Waals surface area contributed by atoms with Gasteiger partial charge < -0.3 is 14.4 Å². The predicted molar refractivity (Wildman–Crippen MR) is 163 cm³/mol. The monoisotopic (exact) mass is 570 g/mol. The van der Waals surface area contributed by atoms with Crippen LogP contribution in [0.1, 0.15) is 56.6 Å². The number of carbonyl (C=O) groups excluding carboxylic acids is 2. The molecule has 2 aromatic heterocycles. The summed E-state index contributed by atoms with van der Waals surface area (Å²) < 4.78 is 2.22. The van der Waals surface area contributed by atoms with Crippen molar-refractivity contribution >= 4 is 45.6 Å². The topological polar surface area (TPSA) is 84.2 Å². The molecule has 41 heavy (non-hydrogen) atoms. The first-order chi connectivity index (χ1) is 20.0. The summed E-state index contributed by atoms with van der Waals surface area (Å²) in [6.07, 6.45) is 5.58. The molecule has 1 aliphatic carbocycles. The minimum atomic E-state index is 0.0767. The maximum absolute atomic E-state index is 13.0. The summed E-state index contributed by atoms with van der Waals surface area (Å²) in [5, 5.41) is 10.7. The van der Waals surface area contributed by atoms with Crippen molar-refractivity contribution in [2.24, 2.45) is 5.92 Å².